The van der Waals surface area contributed by atoms with Crippen LogP contribution in [-0.2, 0) is 13.5 Å². The molecule has 1 aliphatic carbocycles. The van der Waals surface area contributed by atoms with E-state index in [0.29, 0.717) is 5.92 Å². The lowest BCUT2D eigenvalue weighted by Crippen LogP contribution is -2.32. The molecular formula is C28H34N+. The Bertz CT molecular complexity index is 1150. The van der Waals surface area contributed by atoms with Gasteiger partial charge in [0.2, 0.25) is 5.69 Å². The van der Waals surface area contributed by atoms with Gasteiger partial charge in [-0.2, -0.15) is 0 Å². The first kappa shape index (κ1) is 19.9. The molecule has 0 aliphatic heterocycles. The summed E-state index contributed by atoms with van der Waals surface area (Å²) >= 11 is 0. The van der Waals surface area contributed by atoms with E-state index < -0.39 is 0 Å². The summed E-state index contributed by atoms with van der Waals surface area (Å²) < 4.78 is 2.30. The zero-order valence-corrected chi connectivity index (χ0v) is 19.3. The van der Waals surface area contributed by atoms with Crippen molar-refractivity contribution in [2.24, 2.45) is 12.5 Å². The van der Waals surface area contributed by atoms with E-state index in [1.807, 2.05) is 0 Å². The standard InChI is InChI=1S/C28H34N/c1-17(2)22-11-18(3)19(4)24(14-22)25-15-23-13-20(16-28(5,6)7)12-21-9-10-29(8)27(25)26(21)23/h9-15,17H,16H2,1-8H3/q+1. The molecule has 1 aromatic heterocycles. The number of rotatable bonds is 3. The van der Waals surface area contributed by atoms with Gasteiger partial charge in [0, 0.05) is 6.07 Å². The first-order chi connectivity index (χ1) is 13.5. The van der Waals surface area contributed by atoms with E-state index in [2.05, 4.69) is 103 Å². The maximum Gasteiger partial charge on any atom is 0.221 e. The van der Waals surface area contributed by atoms with Crippen LogP contribution in [0.5, 0.6) is 0 Å². The summed E-state index contributed by atoms with van der Waals surface area (Å²) in [6, 6.07) is 11.9. The lowest BCUT2D eigenvalue weighted by Gasteiger charge is -2.18. The highest BCUT2D eigenvalue weighted by molar-refractivity contribution is 6.11. The number of nitrogens with zero attached hydrogens (tertiary/aromatic N) is 1. The highest BCUT2D eigenvalue weighted by Crippen LogP contribution is 2.41. The van der Waals surface area contributed by atoms with Crippen molar-refractivity contribution >= 4 is 22.4 Å². The molecule has 0 amide bonds. The van der Waals surface area contributed by atoms with Crippen LogP contribution in [0.1, 0.15) is 79.6 Å². The molecule has 0 saturated heterocycles. The highest BCUT2D eigenvalue weighted by atomic mass is 14.9. The van der Waals surface area contributed by atoms with Crippen molar-refractivity contribution < 1.29 is 4.57 Å². The Hall–Kier alpha value is -2.41. The third kappa shape index (κ3) is 3.52. The van der Waals surface area contributed by atoms with Crippen LogP contribution in [0.2, 0.25) is 0 Å². The largest absolute Gasteiger partial charge is 0.221 e. The molecule has 2 aromatic carbocycles. The van der Waals surface area contributed by atoms with E-state index in [1.54, 1.807) is 0 Å². The van der Waals surface area contributed by atoms with Crippen molar-refractivity contribution in [3.8, 4) is 0 Å². The van der Waals surface area contributed by atoms with Crippen molar-refractivity contribution in [2.75, 3.05) is 0 Å². The fourth-order valence-electron chi connectivity index (χ4n) is 4.68. The molecule has 0 fully saturated rings. The Morgan fingerprint density at radius 3 is 2.38 bits per heavy atom. The van der Waals surface area contributed by atoms with E-state index in [1.165, 1.54) is 55.4 Å². The number of aromatic nitrogens is 1. The molecule has 1 aliphatic rings. The SMILES string of the molecule is Cc1cc(C(C)C)cc(C2=Cc3cc(CC(C)(C)C)cc4cc[n+](C)c2c34)c1C. The molecule has 1 heterocycles. The summed E-state index contributed by atoms with van der Waals surface area (Å²) in [4.78, 5) is 0. The van der Waals surface area contributed by atoms with E-state index in [-0.39, 0.29) is 5.41 Å². The first-order valence-corrected chi connectivity index (χ1v) is 10.8. The van der Waals surface area contributed by atoms with E-state index in [0.717, 1.165) is 6.42 Å². The van der Waals surface area contributed by atoms with Crippen molar-refractivity contribution in [1.82, 2.24) is 0 Å². The van der Waals surface area contributed by atoms with Crippen molar-refractivity contribution in [1.29, 1.82) is 0 Å². The minimum atomic E-state index is 0.285. The third-order valence-corrected chi connectivity index (χ3v) is 6.26. The van der Waals surface area contributed by atoms with Crippen LogP contribution in [0.25, 0.3) is 22.4 Å². The molecule has 0 unspecified atom stereocenters. The summed E-state index contributed by atoms with van der Waals surface area (Å²) in [5.41, 5.74) is 11.4. The van der Waals surface area contributed by atoms with Gasteiger partial charge in [0.05, 0.1) is 11.0 Å². The Kier molecular flexibility index (Phi) is 4.69. The molecular weight excluding hydrogens is 350 g/mol. The zero-order chi connectivity index (χ0) is 21.1. The number of pyridine rings is 1. The fraction of sp³-hybridized carbons (Fsp3) is 0.393. The van der Waals surface area contributed by atoms with Gasteiger partial charge in [-0.1, -0.05) is 58.9 Å². The predicted molar refractivity (Wildman–Crippen MR) is 125 cm³/mol. The average molecular weight is 385 g/mol. The first-order valence-electron chi connectivity index (χ1n) is 10.8. The third-order valence-electron chi connectivity index (χ3n) is 6.26. The predicted octanol–water partition coefficient (Wildman–Crippen LogP) is 6.90. The van der Waals surface area contributed by atoms with Crippen LogP contribution in [0.3, 0.4) is 0 Å². The van der Waals surface area contributed by atoms with Gasteiger partial charge in [0.15, 0.2) is 6.20 Å². The zero-order valence-electron chi connectivity index (χ0n) is 19.3. The molecule has 0 N–H and O–H groups in total. The van der Waals surface area contributed by atoms with Crippen LogP contribution >= 0.6 is 0 Å². The normalized spacial score (nSPS) is 13.5. The number of benzene rings is 2. The molecule has 0 atom stereocenters. The molecule has 0 bridgehead atoms. The van der Waals surface area contributed by atoms with Crippen molar-refractivity contribution in [3.63, 3.8) is 0 Å². The van der Waals surface area contributed by atoms with Gasteiger partial charge in [-0.3, -0.25) is 0 Å². The minimum absolute atomic E-state index is 0.285. The average Bonchev–Trinajstić information content (AvgIpc) is 2.99. The van der Waals surface area contributed by atoms with Crippen LogP contribution in [0.15, 0.2) is 36.5 Å². The lowest BCUT2D eigenvalue weighted by atomic mass is 9.87. The van der Waals surface area contributed by atoms with Gasteiger partial charge in [0.1, 0.15) is 7.05 Å². The van der Waals surface area contributed by atoms with E-state index in [4.69, 9.17) is 0 Å². The molecule has 29 heavy (non-hydrogen) atoms. The Morgan fingerprint density at radius 1 is 1.00 bits per heavy atom. The number of hydrogen-bond donors (Lipinski definition) is 0. The van der Waals surface area contributed by atoms with E-state index in [9.17, 15) is 0 Å². The number of aryl methyl sites for hydroxylation is 2. The molecule has 1 nitrogen and oxygen atoms in total. The molecule has 4 rings (SSSR count). The molecule has 0 saturated carbocycles. The Labute approximate surface area is 176 Å². The van der Waals surface area contributed by atoms with Crippen molar-refractivity contribution in [3.05, 3.63) is 75.6 Å². The Morgan fingerprint density at radius 2 is 1.72 bits per heavy atom. The summed E-state index contributed by atoms with van der Waals surface area (Å²) in [6.07, 6.45) is 5.74. The van der Waals surface area contributed by atoms with Crippen LogP contribution in [0, 0.1) is 19.3 Å². The highest BCUT2D eigenvalue weighted by Gasteiger charge is 2.28. The van der Waals surface area contributed by atoms with Gasteiger partial charge >= 0.3 is 0 Å². The lowest BCUT2D eigenvalue weighted by molar-refractivity contribution is -0.672. The minimum Gasteiger partial charge on any atom is -0.200 e. The van der Waals surface area contributed by atoms with Gasteiger partial charge in [-0.05, 0) is 76.4 Å². The summed E-state index contributed by atoms with van der Waals surface area (Å²) in [5, 5.41) is 2.75. The topological polar surface area (TPSA) is 3.88 Å². The summed E-state index contributed by atoms with van der Waals surface area (Å²) in [5.74, 6) is 0.528. The Balaban J connectivity index is 1.96. The summed E-state index contributed by atoms with van der Waals surface area (Å²) in [7, 11) is 2.18. The fourth-order valence-corrected chi connectivity index (χ4v) is 4.68. The summed E-state index contributed by atoms with van der Waals surface area (Å²) in [6.45, 7) is 16.0. The van der Waals surface area contributed by atoms with Crippen LogP contribution < -0.4 is 4.57 Å². The van der Waals surface area contributed by atoms with Crippen LogP contribution in [-0.4, -0.2) is 0 Å². The van der Waals surface area contributed by atoms with E-state index >= 15 is 0 Å². The molecule has 150 valence electrons. The number of hydrogen-bond acceptors (Lipinski definition) is 0. The molecule has 3 aromatic rings. The monoisotopic (exact) mass is 384 g/mol. The van der Waals surface area contributed by atoms with Gasteiger partial charge < -0.3 is 0 Å². The second kappa shape index (κ2) is 6.83. The smallest absolute Gasteiger partial charge is 0.200 e. The van der Waals surface area contributed by atoms with Gasteiger partial charge in [-0.25, -0.2) is 4.57 Å². The maximum absolute atomic E-state index is 2.43. The molecule has 0 radical (unpaired) electrons. The maximum atomic E-state index is 2.43. The van der Waals surface area contributed by atoms with Crippen LogP contribution in [0.4, 0.5) is 0 Å². The second-order valence-corrected chi connectivity index (χ2v) is 10.4. The van der Waals surface area contributed by atoms with Gasteiger partial charge in [0.25, 0.3) is 0 Å². The van der Waals surface area contributed by atoms with Gasteiger partial charge in [-0.15, -0.1) is 0 Å². The molecule has 0 spiro atoms. The van der Waals surface area contributed by atoms with Crippen molar-refractivity contribution in [2.45, 2.75) is 60.8 Å². The molecule has 1 heteroatoms. The second-order valence-electron chi connectivity index (χ2n) is 10.4. The quantitative estimate of drug-likeness (QED) is 0.338.